The second-order valence-corrected chi connectivity index (χ2v) is 3.99. The Balaban J connectivity index is 3.13. The fourth-order valence-electron chi connectivity index (χ4n) is 1.65. The summed E-state index contributed by atoms with van der Waals surface area (Å²) in [6.45, 7) is 3.45. The third-order valence-electron chi connectivity index (χ3n) is 2.55. The topological polar surface area (TPSA) is 26.3 Å². The van der Waals surface area contributed by atoms with E-state index in [1.165, 1.54) is 6.08 Å². The van der Waals surface area contributed by atoms with Crippen molar-refractivity contribution >= 4 is 5.97 Å². The summed E-state index contributed by atoms with van der Waals surface area (Å²) >= 11 is 0. The normalized spacial score (nSPS) is 11.6. The molecule has 110 valence electrons. The minimum atomic E-state index is -1.89. The molecule has 0 unspecified atom stereocenters. The number of hydrogen-bond donors (Lipinski definition) is 0. The van der Waals surface area contributed by atoms with E-state index in [4.69, 9.17) is 4.74 Å². The summed E-state index contributed by atoms with van der Waals surface area (Å²) in [4.78, 5) is 11.6. The highest BCUT2D eigenvalue weighted by atomic mass is 19.2. The summed E-state index contributed by atoms with van der Waals surface area (Å²) in [5.74, 6) is -7.46. The molecule has 0 amide bonds. The Morgan fingerprint density at radius 3 is 2.35 bits per heavy atom. The summed E-state index contributed by atoms with van der Waals surface area (Å²) in [5, 5.41) is 0. The van der Waals surface area contributed by atoms with Crippen molar-refractivity contribution in [2.75, 3.05) is 6.61 Å². The number of ether oxygens (including phenoxy) is 1. The van der Waals surface area contributed by atoms with E-state index in [1.807, 2.05) is 0 Å². The average molecular weight is 290 g/mol. The lowest BCUT2D eigenvalue weighted by molar-refractivity contribution is -0.138. The monoisotopic (exact) mass is 290 g/mol. The Hall–Kier alpha value is -1.85. The molecule has 1 aromatic carbocycles. The fourth-order valence-corrected chi connectivity index (χ4v) is 1.65. The molecule has 20 heavy (non-hydrogen) atoms. The van der Waals surface area contributed by atoms with E-state index < -0.39 is 34.8 Å². The summed E-state index contributed by atoms with van der Waals surface area (Å²) in [7, 11) is 0. The Morgan fingerprint density at radius 2 is 1.80 bits per heavy atom. The van der Waals surface area contributed by atoms with Gasteiger partial charge in [0.25, 0.3) is 0 Å². The summed E-state index contributed by atoms with van der Waals surface area (Å²) in [5.41, 5.74) is -0.368. The molecule has 0 saturated heterocycles. The second-order valence-electron chi connectivity index (χ2n) is 3.99. The van der Waals surface area contributed by atoms with Crippen molar-refractivity contribution in [1.82, 2.24) is 0 Å². The third-order valence-corrected chi connectivity index (χ3v) is 2.55. The predicted molar refractivity (Wildman–Crippen MR) is 65.0 cm³/mol. The molecule has 0 aliphatic rings. The first kappa shape index (κ1) is 16.2. The SMILES string of the molecule is CCC=C(Cc1cc(F)c(F)c(F)c1F)C(=O)OCC. The van der Waals surface area contributed by atoms with Gasteiger partial charge in [-0.2, -0.15) is 0 Å². The Kier molecular flexibility index (Phi) is 5.73. The molecule has 2 nitrogen and oxygen atoms in total. The minimum Gasteiger partial charge on any atom is -0.463 e. The molecular formula is C14H14F4O2. The maximum Gasteiger partial charge on any atom is 0.334 e. The van der Waals surface area contributed by atoms with Gasteiger partial charge in [0, 0.05) is 12.0 Å². The van der Waals surface area contributed by atoms with Crippen molar-refractivity contribution in [1.29, 1.82) is 0 Å². The Bertz CT molecular complexity index is 538. The lowest BCUT2D eigenvalue weighted by atomic mass is 10.0. The van der Waals surface area contributed by atoms with Crippen LogP contribution in [0.2, 0.25) is 0 Å². The zero-order valence-electron chi connectivity index (χ0n) is 11.1. The molecule has 0 aliphatic carbocycles. The lowest BCUT2D eigenvalue weighted by Gasteiger charge is -2.09. The van der Waals surface area contributed by atoms with Crippen LogP contribution in [0.1, 0.15) is 25.8 Å². The van der Waals surface area contributed by atoms with E-state index in [1.54, 1.807) is 13.8 Å². The zero-order valence-corrected chi connectivity index (χ0v) is 11.1. The standard InChI is InChI=1S/C14H14F4O2/c1-3-5-8(14(19)20-4-2)6-9-7-10(15)12(17)13(18)11(9)16/h5,7H,3-4,6H2,1-2H3. The number of esters is 1. The number of carbonyl (C=O) groups is 1. The van der Waals surface area contributed by atoms with Crippen LogP contribution in [0.25, 0.3) is 0 Å². The number of benzene rings is 1. The quantitative estimate of drug-likeness (QED) is 0.272. The highest BCUT2D eigenvalue weighted by molar-refractivity contribution is 5.88. The fraction of sp³-hybridized carbons (Fsp3) is 0.357. The minimum absolute atomic E-state index is 0.0682. The number of rotatable bonds is 5. The van der Waals surface area contributed by atoms with E-state index in [-0.39, 0.29) is 18.6 Å². The van der Waals surface area contributed by atoms with Crippen LogP contribution in [0.15, 0.2) is 17.7 Å². The van der Waals surface area contributed by atoms with Gasteiger partial charge in [0.1, 0.15) is 0 Å². The zero-order chi connectivity index (χ0) is 15.3. The second kappa shape index (κ2) is 7.07. The molecule has 0 bridgehead atoms. The molecule has 1 aromatic rings. The number of allylic oxidation sites excluding steroid dienone is 1. The van der Waals surface area contributed by atoms with Gasteiger partial charge in [-0.15, -0.1) is 0 Å². The third kappa shape index (κ3) is 3.59. The van der Waals surface area contributed by atoms with Crippen molar-refractivity contribution in [3.63, 3.8) is 0 Å². The molecule has 0 spiro atoms. The van der Waals surface area contributed by atoms with Gasteiger partial charge in [0.15, 0.2) is 23.3 Å². The van der Waals surface area contributed by atoms with Crippen molar-refractivity contribution in [2.45, 2.75) is 26.7 Å². The van der Waals surface area contributed by atoms with Gasteiger partial charge in [0.2, 0.25) is 0 Å². The summed E-state index contributed by atoms with van der Waals surface area (Å²) in [6, 6.07) is 0.538. The van der Waals surface area contributed by atoms with Gasteiger partial charge in [-0.3, -0.25) is 0 Å². The van der Waals surface area contributed by atoms with Gasteiger partial charge in [-0.05, 0) is 25.0 Å². The van der Waals surface area contributed by atoms with Gasteiger partial charge in [0.05, 0.1) is 6.61 Å². The van der Waals surface area contributed by atoms with Crippen LogP contribution in [0.5, 0.6) is 0 Å². The summed E-state index contributed by atoms with van der Waals surface area (Å²) in [6.07, 6.45) is 1.56. The smallest absolute Gasteiger partial charge is 0.334 e. The maximum atomic E-state index is 13.5. The molecule has 1 rings (SSSR count). The molecule has 0 saturated carbocycles. The van der Waals surface area contributed by atoms with Crippen LogP contribution < -0.4 is 0 Å². The first-order valence-corrected chi connectivity index (χ1v) is 6.10. The molecule has 6 heteroatoms. The van der Waals surface area contributed by atoms with E-state index in [0.29, 0.717) is 12.5 Å². The molecule has 0 fully saturated rings. The largest absolute Gasteiger partial charge is 0.463 e. The van der Waals surface area contributed by atoms with Gasteiger partial charge in [-0.25, -0.2) is 22.4 Å². The van der Waals surface area contributed by atoms with Crippen LogP contribution >= 0.6 is 0 Å². The molecule has 0 heterocycles. The van der Waals surface area contributed by atoms with Crippen molar-refractivity contribution in [3.05, 3.63) is 46.5 Å². The van der Waals surface area contributed by atoms with Crippen LogP contribution in [0, 0.1) is 23.3 Å². The first-order chi connectivity index (χ1) is 9.42. The lowest BCUT2D eigenvalue weighted by Crippen LogP contribution is -2.12. The Labute approximate surface area is 114 Å². The van der Waals surface area contributed by atoms with E-state index in [9.17, 15) is 22.4 Å². The average Bonchev–Trinajstić information content (AvgIpc) is 2.42. The molecule has 0 atom stereocenters. The molecular weight excluding hydrogens is 276 g/mol. The maximum absolute atomic E-state index is 13.5. The van der Waals surface area contributed by atoms with Crippen LogP contribution in [0.4, 0.5) is 17.6 Å². The molecule has 0 aromatic heterocycles. The molecule has 0 aliphatic heterocycles. The number of hydrogen-bond acceptors (Lipinski definition) is 2. The van der Waals surface area contributed by atoms with E-state index in [0.717, 1.165) is 0 Å². The van der Waals surface area contributed by atoms with Crippen LogP contribution in [-0.4, -0.2) is 12.6 Å². The highest BCUT2D eigenvalue weighted by Gasteiger charge is 2.21. The van der Waals surface area contributed by atoms with Gasteiger partial charge >= 0.3 is 5.97 Å². The van der Waals surface area contributed by atoms with Gasteiger partial charge < -0.3 is 4.74 Å². The molecule has 0 N–H and O–H groups in total. The van der Waals surface area contributed by atoms with Crippen molar-refractivity contribution in [3.8, 4) is 0 Å². The Morgan fingerprint density at radius 1 is 1.15 bits per heavy atom. The van der Waals surface area contributed by atoms with Crippen molar-refractivity contribution in [2.24, 2.45) is 0 Å². The van der Waals surface area contributed by atoms with Crippen LogP contribution in [-0.2, 0) is 16.0 Å². The van der Waals surface area contributed by atoms with Gasteiger partial charge in [-0.1, -0.05) is 13.0 Å². The highest BCUT2D eigenvalue weighted by Crippen LogP contribution is 2.21. The first-order valence-electron chi connectivity index (χ1n) is 6.10. The van der Waals surface area contributed by atoms with Crippen LogP contribution in [0.3, 0.4) is 0 Å². The van der Waals surface area contributed by atoms with Crippen molar-refractivity contribution < 1.29 is 27.1 Å². The predicted octanol–water partition coefficient (Wildman–Crippen LogP) is 3.69. The van der Waals surface area contributed by atoms with E-state index >= 15 is 0 Å². The number of carbonyl (C=O) groups excluding carboxylic acids is 1. The number of halogens is 4. The summed E-state index contributed by atoms with van der Waals surface area (Å²) < 4.78 is 57.3. The molecule has 0 radical (unpaired) electrons. The van der Waals surface area contributed by atoms with E-state index in [2.05, 4.69) is 0 Å².